The smallest absolute Gasteiger partial charge is 0.244 e. The third-order valence-electron chi connectivity index (χ3n) is 4.02. The number of halogens is 1. The van der Waals surface area contributed by atoms with Gasteiger partial charge in [-0.3, -0.25) is 14.4 Å². The normalized spacial score (nSPS) is 10.3. The largest absolute Gasteiger partial charge is 0.495 e. The first kappa shape index (κ1) is 20.5. The van der Waals surface area contributed by atoms with Gasteiger partial charge < -0.3 is 15.0 Å². The zero-order valence-electron chi connectivity index (χ0n) is 15.6. The van der Waals surface area contributed by atoms with E-state index in [0.717, 1.165) is 5.56 Å². The molecule has 0 bridgehead atoms. The van der Waals surface area contributed by atoms with Crippen LogP contribution in [0.5, 0.6) is 5.75 Å². The number of carbonyl (C=O) groups excluding carboxylic acids is 3. The Labute approximate surface area is 163 Å². The summed E-state index contributed by atoms with van der Waals surface area (Å²) in [7, 11) is 1.48. The zero-order chi connectivity index (χ0) is 20.1. The molecule has 0 spiro atoms. The number of carbonyl (C=O) groups is 3. The molecule has 0 atom stereocenters. The van der Waals surface area contributed by atoms with Crippen molar-refractivity contribution in [3.05, 3.63) is 52.5 Å². The molecule has 0 aromatic heterocycles. The number of nitrogens with one attached hydrogen (secondary N) is 1. The molecular weight excluding hydrogens is 368 g/mol. The van der Waals surface area contributed by atoms with E-state index in [1.807, 2.05) is 6.92 Å². The van der Waals surface area contributed by atoms with E-state index in [4.69, 9.17) is 16.3 Å². The molecular formula is C20H21ClN2O4. The van der Waals surface area contributed by atoms with Crippen LogP contribution in [-0.4, -0.2) is 31.3 Å². The van der Waals surface area contributed by atoms with Crippen LogP contribution in [0.2, 0.25) is 5.02 Å². The van der Waals surface area contributed by atoms with E-state index in [2.05, 4.69) is 5.32 Å². The van der Waals surface area contributed by atoms with E-state index in [1.54, 1.807) is 36.4 Å². The summed E-state index contributed by atoms with van der Waals surface area (Å²) in [6, 6.07) is 9.85. The second-order valence-electron chi connectivity index (χ2n) is 6.06. The van der Waals surface area contributed by atoms with Crippen LogP contribution in [0, 0.1) is 6.92 Å². The van der Waals surface area contributed by atoms with E-state index in [-0.39, 0.29) is 24.1 Å². The molecule has 0 aliphatic rings. The maximum Gasteiger partial charge on any atom is 0.244 e. The molecule has 2 amide bonds. The van der Waals surface area contributed by atoms with Crippen molar-refractivity contribution in [3.63, 3.8) is 0 Å². The Kier molecular flexibility index (Phi) is 6.58. The zero-order valence-corrected chi connectivity index (χ0v) is 16.4. The molecule has 0 aliphatic carbocycles. The summed E-state index contributed by atoms with van der Waals surface area (Å²) in [5, 5.41) is 3.27. The van der Waals surface area contributed by atoms with Crippen molar-refractivity contribution < 1.29 is 19.1 Å². The second kappa shape index (κ2) is 8.68. The number of rotatable bonds is 6. The lowest BCUT2D eigenvalue weighted by atomic mass is 10.1. The fraction of sp³-hybridized carbons (Fsp3) is 0.250. The lowest BCUT2D eigenvalue weighted by molar-refractivity contribution is -0.120. The SMILES string of the molecule is COc1cc(Cl)c(C)cc1NC(=O)CN(C(C)=O)c1ccc(C(C)=O)cc1. The van der Waals surface area contributed by atoms with E-state index >= 15 is 0 Å². The third-order valence-corrected chi connectivity index (χ3v) is 4.43. The summed E-state index contributed by atoms with van der Waals surface area (Å²) in [6.07, 6.45) is 0. The van der Waals surface area contributed by atoms with Gasteiger partial charge in [0.25, 0.3) is 0 Å². The summed E-state index contributed by atoms with van der Waals surface area (Å²) in [4.78, 5) is 37.2. The quantitative estimate of drug-likeness (QED) is 0.762. The van der Waals surface area contributed by atoms with Gasteiger partial charge in [-0.15, -0.1) is 0 Å². The molecule has 27 heavy (non-hydrogen) atoms. The number of benzene rings is 2. The van der Waals surface area contributed by atoms with Gasteiger partial charge in [-0.1, -0.05) is 11.6 Å². The lowest BCUT2D eigenvalue weighted by Crippen LogP contribution is -2.36. The Morgan fingerprint density at radius 1 is 1.11 bits per heavy atom. The van der Waals surface area contributed by atoms with Crippen LogP contribution in [0.3, 0.4) is 0 Å². The molecule has 0 radical (unpaired) electrons. The minimum Gasteiger partial charge on any atom is -0.495 e. The topological polar surface area (TPSA) is 75.7 Å². The number of methoxy groups -OCH3 is 1. The average Bonchev–Trinajstić information content (AvgIpc) is 2.62. The molecule has 0 saturated heterocycles. The fourth-order valence-electron chi connectivity index (χ4n) is 2.52. The molecule has 7 heteroatoms. The number of aryl methyl sites for hydroxylation is 1. The van der Waals surface area contributed by atoms with Crippen LogP contribution >= 0.6 is 11.6 Å². The number of amides is 2. The second-order valence-corrected chi connectivity index (χ2v) is 6.47. The first-order valence-electron chi connectivity index (χ1n) is 8.26. The molecule has 0 saturated carbocycles. The molecule has 2 aromatic carbocycles. The van der Waals surface area contributed by atoms with E-state index in [9.17, 15) is 14.4 Å². The maximum absolute atomic E-state index is 12.5. The number of ether oxygens (including phenoxy) is 1. The van der Waals surface area contributed by atoms with Crippen LogP contribution in [0.4, 0.5) is 11.4 Å². The molecule has 0 heterocycles. The molecule has 0 unspecified atom stereocenters. The van der Waals surface area contributed by atoms with E-state index in [1.165, 1.54) is 25.9 Å². The Morgan fingerprint density at radius 3 is 2.26 bits per heavy atom. The van der Waals surface area contributed by atoms with Crippen LogP contribution < -0.4 is 15.0 Å². The number of nitrogens with zero attached hydrogens (tertiary/aromatic N) is 1. The van der Waals surface area contributed by atoms with E-state index in [0.29, 0.717) is 27.7 Å². The fourth-order valence-corrected chi connectivity index (χ4v) is 2.68. The number of ketones is 1. The van der Waals surface area contributed by atoms with Crippen LogP contribution in [0.25, 0.3) is 0 Å². The maximum atomic E-state index is 12.5. The van der Waals surface area contributed by atoms with Gasteiger partial charge in [-0.25, -0.2) is 0 Å². The van der Waals surface area contributed by atoms with Gasteiger partial charge in [0.15, 0.2) is 5.78 Å². The van der Waals surface area contributed by atoms with Gasteiger partial charge in [0.2, 0.25) is 11.8 Å². The summed E-state index contributed by atoms with van der Waals surface area (Å²) in [6.45, 7) is 4.47. The Morgan fingerprint density at radius 2 is 1.74 bits per heavy atom. The number of Topliss-reactive ketones (excluding diaryl/α,β-unsaturated/α-hetero) is 1. The molecule has 0 fully saturated rings. The molecule has 0 aliphatic heterocycles. The Hall–Kier alpha value is -2.86. The number of hydrogen-bond donors (Lipinski definition) is 1. The van der Waals surface area contributed by atoms with Crippen LogP contribution in [0.15, 0.2) is 36.4 Å². The predicted octanol–water partition coefficient (Wildman–Crippen LogP) is 3.85. The molecule has 2 rings (SSSR count). The van der Waals surface area contributed by atoms with Crippen molar-refractivity contribution in [2.75, 3.05) is 23.9 Å². The van der Waals surface area contributed by atoms with Gasteiger partial charge in [-0.05, 0) is 49.7 Å². The highest BCUT2D eigenvalue weighted by Gasteiger charge is 2.18. The Balaban J connectivity index is 2.19. The van der Waals surface area contributed by atoms with Gasteiger partial charge in [0.05, 0.1) is 12.8 Å². The van der Waals surface area contributed by atoms with Crippen LogP contribution in [0.1, 0.15) is 29.8 Å². The van der Waals surface area contributed by atoms with Crippen molar-refractivity contribution in [2.24, 2.45) is 0 Å². The highest BCUT2D eigenvalue weighted by atomic mass is 35.5. The van der Waals surface area contributed by atoms with Crippen molar-refractivity contribution in [1.29, 1.82) is 0 Å². The van der Waals surface area contributed by atoms with Crippen molar-refractivity contribution >= 4 is 40.6 Å². The highest BCUT2D eigenvalue weighted by molar-refractivity contribution is 6.31. The van der Waals surface area contributed by atoms with Gasteiger partial charge in [-0.2, -0.15) is 0 Å². The Bertz CT molecular complexity index is 878. The monoisotopic (exact) mass is 388 g/mol. The van der Waals surface area contributed by atoms with Crippen molar-refractivity contribution in [3.8, 4) is 5.75 Å². The molecule has 2 aromatic rings. The number of hydrogen-bond acceptors (Lipinski definition) is 4. The van der Waals surface area contributed by atoms with E-state index < -0.39 is 0 Å². The molecule has 142 valence electrons. The minimum absolute atomic E-state index is 0.0705. The highest BCUT2D eigenvalue weighted by Crippen LogP contribution is 2.31. The standard InChI is InChI=1S/C20H21ClN2O4/c1-12-9-18(19(27-4)10-17(12)21)22-20(26)11-23(14(3)25)16-7-5-15(6-8-16)13(2)24/h5-10H,11H2,1-4H3,(H,22,26). The summed E-state index contributed by atoms with van der Waals surface area (Å²) in [5.74, 6) is -0.321. The molecule has 1 N–H and O–H groups in total. The predicted molar refractivity (Wildman–Crippen MR) is 106 cm³/mol. The summed E-state index contributed by atoms with van der Waals surface area (Å²) < 4.78 is 5.24. The third kappa shape index (κ3) is 5.08. The number of anilines is 2. The summed E-state index contributed by atoms with van der Waals surface area (Å²) in [5.41, 5.74) is 2.32. The van der Waals surface area contributed by atoms with Gasteiger partial charge in [0.1, 0.15) is 12.3 Å². The van der Waals surface area contributed by atoms with Crippen molar-refractivity contribution in [1.82, 2.24) is 0 Å². The summed E-state index contributed by atoms with van der Waals surface area (Å²) >= 11 is 6.07. The van der Waals surface area contributed by atoms with Crippen LogP contribution in [-0.2, 0) is 9.59 Å². The first-order chi connectivity index (χ1) is 12.7. The average molecular weight is 389 g/mol. The first-order valence-corrected chi connectivity index (χ1v) is 8.63. The lowest BCUT2D eigenvalue weighted by Gasteiger charge is -2.21. The van der Waals surface area contributed by atoms with Gasteiger partial charge >= 0.3 is 0 Å². The van der Waals surface area contributed by atoms with Gasteiger partial charge in [0, 0.05) is 29.3 Å². The minimum atomic E-state index is -0.388. The molecule has 6 nitrogen and oxygen atoms in total. The van der Waals surface area contributed by atoms with Crippen molar-refractivity contribution in [2.45, 2.75) is 20.8 Å².